The van der Waals surface area contributed by atoms with Crippen molar-refractivity contribution in [2.24, 2.45) is 0 Å². The second kappa shape index (κ2) is 5.42. The van der Waals surface area contributed by atoms with Crippen molar-refractivity contribution in [1.29, 1.82) is 0 Å². The molecule has 2 aromatic heterocycles. The van der Waals surface area contributed by atoms with Gasteiger partial charge in [-0.1, -0.05) is 11.6 Å². The molecule has 0 saturated heterocycles. The van der Waals surface area contributed by atoms with E-state index in [0.29, 0.717) is 16.5 Å². The van der Waals surface area contributed by atoms with Gasteiger partial charge >= 0.3 is 0 Å². The van der Waals surface area contributed by atoms with Crippen molar-refractivity contribution in [2.45, 2.75) is 12.5 Å². The highest BCUT2D eigenvalue weighted by molar-refractivity contribution is 6.29. The van der Waals surface area contributed by atoms with Gasteiger partial charge in [-0.25, -0.2) is 4.98 Å². The molecule has 1 atom stereocenters. The molecule has 2 N–H and O–H groups in total. The third-order valence-corrected chi connectivity index (χ3v) is 2.86. The molecule has 0 aliphatic heterocycles. The first-order valence-corrected chi connectivity index (χ1v) is 6.03. The molecule has 0 aliphatic carbocycles. The highest BCUT2D eigenvalue weighted by atomic mass is 35.5. The summed E-state index contributed by atoms with van der Waals surface area (Å²) in [5.41, 5.74) is -0.890. The van der Waals surface area contributed by atoms with E-state index in [2.05, 4.69) is 10.3 Å². The molecule has 19 heavy (non-hydrogen) atoms. The Morgan fingerprint density at radius 2 is 2.32 bits per heavy atom. The molecule has 0 fully saturated rings. The van der Waals surface area contributed by atoms with E-state index in [1.807, 2.05) is 0 Å². The number of pyridine rings is 1. The van der Waals surface area contributed by atoms with E-state index in [-0.39, 0.29) is 12.5 Å². The maximum atomic E-state index is 11.8. The lowest BCUT2D eigenvalue weighted by molar-refractivity contribution is 0.0330. The molecule has 0 bridgehead atoms. The molecular weight excluding hydrogens is 268 g/mol. The van der Waals surface area contributed by atoms with Crippen molar-refractivity contribution in [3.8, 4) is 0 Å². The van der Waals surface area contributed by atoms with E-state index in [1.54, 1.807) is 25.1 Å². The number of nitrogens with zero attached hydrogens (tertiary/aromatic N) is 1. The normalized spacial score (nSPS) is 13.8. The molecule has 5 nitrogen and oxygen atoms in total. The Morgan fingerprint density at radius 1 is 1.53 bits per heavy atom. The predicted molar refractivity (Wildman–Crippen MR) is 69.9 cm³/mol. The Labute approximate surface area is 115 Å². The van der Waals surface area contributed by atoms with E-state index < -0.39 is 5.60 Å². The Hall–Kier alpha value is -1.85. The van der Waals surface area contributed by atoms with Crippen LogP contribution < -0.4 is 5.32 Å². The van der Waals surface area contributed by atoms with Crippen LogP contribution in [0.25, 0.3) is 0 Å². The summed E-state index contributed by atoms with van der Waals surface area (Å²) in [4.78, 5) is 15.7. The minimum absolute atomic E-state index is 0.0297. The number of aliphatic hydroxyl groups is 1. The van der Waals surface area contributed by atoms with Crippen LogP contribution in [0.1, 0.15) is 23.0 Å². The third kappa shape index (κ3) is 3.33. The van der Waals surface area contributed by atoms with E-state index >= 15 is 0 Å². The van der Waals surface area contributed by atoms with Crippen molar-refractivity contribution in [2.75, 3.05) is 6.54 Å². The quantitative estimate of drug-likeness (QED) is 0.840. The molecule has 1 amide bonds. The third-order valence-electron chi connectivity index (χ3n) is 2.63. The highest BCUT2D eigenvalue weighted by Crippen LogP contribution is 2.19. The number of aromatic nitrogens is 1. The van der Waals surface area contributed by atoms with E-state index in [9.17, 15) is 9.90 Å². The Bertz CT molecular complexity index is 550. The van der Waals surface area contributed by atoms with Crippen molar-refractivity contribution in [1.82, 2.24) is 10.3 Å². The highest BCUT2D eigenvalue weighted by Gasteiger charge is 2.26. The van der Waals surface area contributed by atoms with Gasteiger partial charge in [-0.2, -0.15) is 0 Å². The first-order valence-electron chi connectivity index (χ1n) is 5.65. The number of rotatable bonds is 4. The summed E-state index contributed by atoms with van der Waals surface area (Å²) in [7, 11) is 0. The van der Waals surface area contributed by atoms with Gasteiger partial charge in [0.1, 0.15) is 16.5 Å². The predicted octanol–water partition coefficient (Wildman–Crippen LogP) is 1.97. The molecule has 1 unspecified atom stereocenters. The van der Waals surface area contributed by atoms with Crippen LogP contribution in [0.15, 0.2) is 41.1 Å². The summed E-state index contributed by atoms with van der Waals surface area (Å²) in [6, 6.07) is 6.41. The standard InChI is InChI=1S/C13H13ClN2O3/c1-13(18,10-3-2-6-19-10)8-16-12(17)9-4-5-11(14)15-7-9/h2-7,18H,8H2,1H3,(H,16,17). The van der Waals surface area contributed by atoms with Crippen LogP contribution in [-0.2, 0) is 5.60 Å². The number of nitrogens with one attached hydrogen (secondary N) is 1. The molecule has 0 aromatic carbocycles. The van der Waals surface area contributed by atoms with Crippen molar-refractivity contribution < 1.29 is 14.3 Å². The smallest absolute Gasteiger partial charge is 0.252 e. The van der Waals surface area contributed by atoms with Crippen molar-refractivity contribution in [3.05, 3.63) is 53.2 Å². The number of hydrogen-bond acceptors (Lipinski definition) is 4. The molecule has 0 saturated carbocycles. The molecule has 2 heterocycles. The van der Waals surface area contributed by atoms with Crippen LogP contribution in [0.2, 0.25) is 5.15 Å². The monoisotopic (exact) mass is 280 g/mol. The Kier molecular flexibility index (Phi) is 3.87. The van der Waals surface area contributed by atoms with Gasteiger partial charge in [0, 0.05) is 6.20 Å². The minimum Gasteiger partial charge on any atom is -0.466 e. The first-order chi connectivity index (χ1) is 8.99. The lowest BCUT2D eigenvalue weighted by Gasteiger charge is -2.21. The second-order valence-electron chi connectivity index (χ2n) is 4.30. The summed E-state index contributed by atoms with van der Waals surface area (Å²) in [5.74, 6) is 0.0537. The number of halogens is 1. The molecule has 2 rings (SSSR count). The molecule has 6 heteroatoms. The van der Waals surface area contributed by atoms with E-state index in [4.69, 9.17) is 16.0 Å². The van der Waals surface area contributed by atoms with Gasteiger partial charge in [-0.05, 0) is 31.2 Å². The zero-order valence-electron chi connectivity index (χ0n) is 10.3. The molecule has 100 valence electrons. The lowest BCUT2D eigenvalue weighted by atomic mass is 10.0. The minimum atomic E-state index is -1.26. The second-order valence-corrected chi connectivity index (χ2v) is 4.69. The van der Waals surface area contributed by atoms with Crippen molar-refractivity contribution in [3.63, 3.8) is 0 Å². The largest absolute Gasteiger partial charge is 0.466 e. The fourth-order valence-electron chi connectivity index (χ4n) is 1.54. The van der Waals surface area contributed by atoms with Gasteiger partial charge in [0.15, 0.2) is 0 Å². The average Bonchev–Trinajstić information content (AvgIpc) is 2.91. The molecule has 0 aliphatic rings. The number of carbonyl (C=O) groups is 1. The van der Waals surface area contributed by atoms with Crippen LogP contribution in [-0.4, -0.2) is 22.5 Å². The van der Waals surface area contributed by atoms with Gasteiger partial charge in [0.25, 0.3) is 5.91 Å². The number of furan rings is 1. The number of amides is 1. The van der Waals surface area contributed by atoms with Crippen LogP contribution in [0.3, 0.4) is 0 Å². The summed E-state index contributed by atoms with van der Waals surface area (Å²) in [5, 5.41) is 13.1. The van der Waals surface area contributed by atoms with Crippen molar-refractivity contribution >= 4 is 17.5 Å². The van der Waals surface area contributed by atoms with E-state index in [1.165, 1.54) is 18.5 Å². The number of hydrogen-bond donors (Lipinski definition) is 2. The molecule has 0 radical (unpaired) electrons. The van der Waals surface area contributed by atoms with Crippen LogP contribution >= 0.6 is 11.6 Å². The van der Waals surface area contributed by atoms with Gasteiger partial charge in [-0.3, -0.25) is 4.79 Å². The van der Waals surface area contributed by atoms with Gasteiger partial charge in [0.2, 0.25) is 0 Å². The zero-order valence-corrected chi connectivity index (χ0v) is 11.0. The summed E-state index contributed by atoms with van der Waals surface area (Å²) in [6.07, 6.45) is 2.84. The fourth-order valence-corrected chi connectivity index (χ4v) is 1.65. The first kappa shape index (κ1) is 13.6. The Morgan fingerprint density at radius 3 is 2.89 bits per heavy atom. The zero-order chi connectivity index (χ0) is 13.9. The number of carbonyl (C=O) groups excluding carboxylic acids is 1. The van der Waals surface area contributed by atoms with E-state index in [0.717, 1.165) is 0 Å². The fraction of sp³-hybridized carbons (Fsp3) is 0.231. The maximum Gasteiger partial charge on any atom is 0.252 e. The SMILES string of the molecule is CC(O)(CNC(=O)c1ccc(Cl)nc1)c1ccco1. The van der Waals surface area contributed by atoms with Gasteiger partial charge in [0.05, 0.1) is 18.4 Å². The molecular formula is C13H13ClN2O3. The topological polar surface area (TPSA) is 75.4 Å². The maximum absolute atomic E-state index is 11.8. The van der Waals surface area contributed by atoms with Crippen LogP contribution in [0, 0.1) is 0 Å². The van der Waals surface area contributed by atoms with Crippen LogP contribution in [0.5, 0.6) is 0 Å². The van der Waals surface area contributed by atoms with Crippen LogP contribution in [0.4, 0.5) is 0 Å². The lowest BCUT2D eigenvalue weighted by Crippen LogP contribution is -2.38. The Balaban J connectivity index is 1.99. The average molecular weight is 281 g/mol. The summed E-state index contributed by atoms with van der Waals surface area (Å²) >= 11 is 5.64. The van der Waals surface area contributed by atoms with Gasteiger partial charge < -0.3 is 14.8 Å². The summed E-state index contributed by atoms with van der Waals surface area (Å²) in [6.45, 7) is 1.59. The molecule has 2 aromatic rings. The van der Waals surface area contributed by atoms with Gasteiger partial charge in [-0.15, -0.1) is 0 Å². The summed E-state index contributed by atoms with van der Waals surface area (Å²) < 4.78 is 5.12. The molecule has 0 spiro atoms.